The van der Waals surface area contributed by atoms with Gasteiger partial charge in [-0.2, -0.15) is 5.10 Å². The van der Waals surface area contributed by atoms with Crippen molar-refractivity contribution in [2.24, 2.45) is 5.10 Å². The van der Waals surface area contributed by atoms with E-state index in [9.17, 15) is 4.79 Å². The molecule has 0 aliphatic heterocycles. The first kappa shape index (κ1) is 22.5. The van der Waals surface area contributed by atoms with Crippen LogP contribution in [0.15, 0.2) is 65.4 Å². The largest absolute Gasteiger partial charge is 0.378 e. The van der Waals surface area contributed by atoms with Gasteiger partial charge in [-0.25, -0.2) is 5.43 Å². The fraction of sp³-hybridized carbons (Fsp3) is 0.190. The number of aryl methyl sites for hydroxylation is 1. The van der Waals surface area contributed by atoms with Crippen molar-refractivity contribution in [1.82, 2.24) is 25.2 Å². The molecular formula is C21H22ClN7OS. The van der Waals surface area contributed by atoms with E-state index in [1.807, 2.05) is 54.0 Å². The van der Waals surface area contributed by atoms with Gasteiger partial charge in [-0.1, -0.05) is 35.5 Å². The smallest absolute Gasteiger partial charge is 0.250 e. The van der Waals surface area contributed by atoms with Crippen LogP contribution in [0.2, 0.25) is 5.02 Å². The Bertz CT molecular complexity index is 1070. The lowest BCUT2D eigenvalue weighted by atomic mass is 10.3. The lowest BCUT2D eigenvalue weighted by Gasteiger charge is -2.09. The summed E-state index contributed by atoms with van der Waals surface area (Å²) in [5.74, 6) is 0.641. The first-order chi connectivity index (χ1) is 15.0. The van der Waals surface area contributed by atoms with Gasteiger partial charge in [0.25, 0.3) is 5.91 Å². The molecule has 0 unspecified atom stereocenters. The molecular weight excluding hydrogens is 434 g/mol. The topological polar surface area (TPSA) is 97.1 Å². The van der Waals surface area contributed by atoms with Crippen LogP contribution >= 0.6 is 23.4 Å². The summed E-state index contributed by atoms with van der Waals surface area (Å²) >= 11 is 7.20. The second-order valence-electron chi connectivity index (χ2n) is 6.44. The number of hydrogen-bond donors (Lipinski definition) is 2. The van der Waals surface area contributed by atoms with Crippen LogP contribution in [-0.4, -0.2) is 37.6 Å². The number of nitrogens with zero attached hydrogens (tertiary/aromatic N) is 5. The molecule has 0 atom stereocenters. The first-order valence-electron chi connectivity index (χ1n) is 9.46. The molecule has 0 bridgehead atoms. The van der Waals surface area contributed by atoms with Crippen LogP contribution < -0.4 is 10.7 Å². The maximum Gasteiger partial charge on any atom is 0.250 e. The average Bonchev–Trinajstić information content (AvgIpc) is 3.14. The normalized spacial score (nSPS) is 10.9. The molecule has 1 amide bonds. The monoisotopic (exact) mass is 455 g/mol. The zero-order valence-electron chi connectivity index (χ0n) is 17.0. The molecule has 160 valence electrons. The molecule has 31 heavy (non-hydrogen) atoms. The summed E-state index contributed by atoms with van der Waals surface area (Å²) in [5, 5.41) is 17.0. The number of nitrogens with one attached hydrogen (secondary N) is 2. The minimum Gasteiger partial charge on any atom is -0.378 e. The Hall–Kier alpha value is -3.17. The number of hydrogen-bond acceptors (Lipinski definition) is 7. The number of rotatable bonds is 10. The van der Waals surface area contributed by atoms with E-state index in [0.717, 1.165) is 17.2 Å². The maximum atomic E-state index is 12.1. The summed E-state index contributed by atoms with van der Waals surface area (Å²) in [6.07, 6.45) is 3.27. The highest BCUT2D eigenvalue weighted by Crippen LogP contribution is 2.19. The number of carbonyl (C=O) groups is 1. The Morgan fingerprint density at radius 1 is 1.26 bits per heavy atom. The second kappa shape index (κ2) is 11.3. The van der Waals surface area contributed by atoms with Crippen molar-refractivity contribution in [3.63, 3.8) is 0 Å². The van der Waals surface area contributed by atoms with Gasteiger partial charge in [0.1, 0.15) is 0 Å². The molecule has 1 aromatic carbocycles. The Morgan fingerprint density at radius 2 is 2.06 bits per heavy atom. The lowest BCUT2D eigenvalue weighted by molar-refractivity contribution is -0.118. The van der Waals surface area contributed by atoms with Crippen LogP contribution in [0.5, 0.6) is 0 Å². The highest BCUT2D eigenvalue weighted by atomic mass is 35.5. The molecule has 2 aromatic heterocycles. The molecule has 0 aliphatic carbocycles. The summed E-state index contributed by atoms with van der Waals surface area (Å²) in [4.78, 5) is 16.4. The zero-order valence-corrected chi connectivity index (χ0v) is 18.5. The van der Waals surface area contributed by atoms with Crippen molar-refractivity contribution in [2.45, 2.75) is 25.2 Å². The van der Waals surface area contributed by atoms with E-state index in [2.05, 4.69) is 37.6 Å². The van der Waals surface area contributed by atoms with Gasteiger partial charge in [-0.05, 0) is 43.3 Å². The fourth-order valence-electron chi connectivity index (χ4n) is 2.59. The van der Waals surface area contributed by atoms with Crippen LogP contribution in [0.4, 0.5) is 5.69 Å². The third-order valence-electron chi connectivity index (χ3n) is 4.03. The van der Waals surface area contributed by atoms with Crippen LogP contribution in [0.1, 0.15) is 17.2 Å². The lowest BCUT2D eigenvalue weighted by Crippen LogP contribution is -2.20. The minimum absolute atomic E-state index is 0.151. The Kier molecular flexibility index (Phi) is 8.19. The quantitative estimate of drug-likeness (QED) is 0.209. The number of thioether (sulfide) groups is 1. The van der Waals surface area contributed by atoms with Gasteiger partial charge in [0.05, 0.1) is 24.2 Å². The van der Waals surface area contributed by atoms with Crippen molar-refractivity contribution < 1.29 is 4.79 Å². The number of hydrazone groups is 1. The predicted molar refractivity (Wildman–Crippen MR) is 124 cm³/mol. The molecule has 3 rings (SSSR count). The number of amides is 1. The standard InChI is InChI=1S/C21H22ClN7OS/c1-3-11-29-19(13-23-17-9-7-16(22)8-10-17)26-28-21(29)31-14-20(30)27-24-12-18-6-4-5-15(2)25-18/h3-10,12,23H,1,11,13-14H2,2H3,(H,27,30). The summed E-state index contributed by atoms with van der Waals surface area (Å²) in [7, 11) is 0. The summed E-state index contributed by atoms with van der Waals surface area (Å²) < 4.78 is 1.91. The van der Waals surface area contributed by atoms with Crippen LogP contribution in [0.25, 0.3) is 0 Å². The van der Waals surface area contributed by atoms with E-state index in [1.165, 1.54) is 18.0 Å². The molecule has 8 nitrogen and oxygen atoms in total. The first-order valence-corrected chi connectivity index (χ1v) is 10.8. The van der Waals surface area contributed by atoms with E-state index in [1.54, 1.807) is 6.08 Å². The molecule has 2 heterocycles. The predicted octanol–water partition coefficient (Wildman–Crippen LogP) is 3.68. The van der Waals surface area contributed by atoms with Crippen LogP contribution in [-0.2, 0) is 17.9 Å². The van der Waals surface area contributed by atoms with Crippen molar-refractivity contribution in [2.75, 3.05) is 11.1 Å². The van der Waals surface area contributed by atoms with Gasteiger partial charge in [0.2, 0.25) is 0 Å². The zero-order chi connectivity index (χ0) is 22.1. The summed E-state index contributed by atoms with van der Waals surface area (Å²) in [6, 6.07) is 13.0. The molecule has 3 aromatic rings. The number of anilines is 1. The number of aromatic nitrogens is 4. The molecule has 2 N–H and O–H groups in total. The van der Waals surface area contributed by atoms with E-state index in [0.29, 0.717) is 29.0 Å². The minimum atomic E-state index is -0.247. The SMILES string of the molecule is C=CCn1c(CNc2ccc(Cl)cc2)nnc1SCC(=O)NN=Cc1cccc(C)n1. The number of pyridine rings is 1. The summed E-state index contributed by atoms with van der Waals surface area (Å²) in [6.45, 7) is 6.69. The van der Waals surface area contributed by atoms with E-state index < -0.39 is 0 Å². The molecule has 0 saturated carbocycles. The van der Waals surface area contributed by atoms with E-state index in [4.69, 9.17) is 11.6 Å². The third kappa shape index (κ3) is 6.94. The van der Waals surface area contributed by atoms with Crippen molar-refractivity contribution in [1.29, 1.82) is 0 Å². The molecule has 0 saturated heterocycles. The van der Waals surface area contributed by atoms with Gasteiger partial charge in [0, 0.05) is 22.9 Å². The van der Waals surface area contributed by atoms with Gasteiger partial charge in [-0.3, -0.25) is 9.78 Å². The molecule has 0 spiro atoms. The third-order valence-corrected chi connectivity index (χ3v) is 5.25. The van der Waals surface area contributed by atoms with Crippen molar-refractivity contribution in [3.8, 4) is 0 Å². The van der Waals surface area contributed by atoms with Crippen molar-refractivity contribution in [3.05, 3.63) is 77.4 Å². The molecule has 0 aliphatic rings. The number of carbonyl (C=O) groups excluding carboxylic acids is 1. The van der Waals surface area contributed by atoms with Crippen molar-refractivity contribution >= 4 is 41.2 Å². The molecule has 0 fully saturated rings. The van der Waals surface area contributed by atoms with Gasteiger partial charge in [0.15, 0.2) is 11.0 Å². The fourth-order valence-corrected chi connectivity index (χ4v) is 3.47. The van der Waals surface area contributed by atoms with Crippen LogP contribution in [0.3, 0.4) is 0 Å². The second-order valence-corrected chi connectivity index (χ2v) is 7.82. The van der Waals surface area contributed by atoms with E-state index in [-0.39, 0.29) is 11.7 Å². The average molecular weight is 456 g/mol. The number of allylic oxidation sites excluding steroid dienone is 1. The Morgan fingerprint density at radius 3 is 2.81 bits per heavy atom. The number of benzene rings is 1. The maximum absolute atomic E-state index is 12.1. The van der Waals surface area contributed by atoms with Crippen LogP contribution in [0, 0.1) is 6.92 Å². The number of halogens is 1. The molecule has 10 heteroatoms. The summed E-state index contributed by atoms with van der Waals surface area (Å²) in [5.41, 5.74) is 4.98. The van der Waals surface area contributed by atoms with Gasteiger partial charge >= 0.3 is 0 Å². The van der Waals surface area contributed by atoms with Gasteiger partial charge < -0.3 is 9.88 Å². The van der Waals surface area contributed by atoms with E-state index >= 15 is 0 Å². The Balaban J connectivity index is 1.54. The highest BCUT2D eigenvalue weighted by molar-refractivity contribution is 7.99. The highest BCUT2D eigenvalue weighted by Gasteiger charge is 2.13. The Labute approximate surface area is 189 Å². The molecule has 0 radical (unpaired) electrons. The van der Waals surface area contributed by atoms with Gasteiger partial charge in [-0.15, -0.1) is 16.8 Å².